The van der Waals surface area contributed by atoms with Crippen LogP contribution in [0.15, 0.2) is 83.7 Å². The summed E-state index contributed by atoms with van der Waals surface area (Å²) in [5.74, 6) is 1.61. The van der Waals surface area contributed by atoms with Crippen LogP contribution in [0.1, 0.15) is 35.8 Å². The zero-order chi connectivity index (χ0) is 21.0. The number of hydrazine groups is 1. The number of nitrogens with zero attached hydrogens (tertiary/aromatic N) is 3. The molecule has 0 spiro atoms. The minimum Gasteiger partial charge on any atom is -0.309 e. The van der Waals surface area contributed by atoms with E-state index in [1.165, 1.54) is 5.56 Å². The molecule has 0 aliphatic carbocycles. The van der Waals surface area contributed by atoms with Gasteiger partial charge >= 0.3 is 0 Å². The van der Waals surface area contributed by atoms with Gasteiger partial charge in [0.05, 0.1) is 5.70 Å². The fourth-order valence-corrected chi connectivity index (χ4v) is 4.22. The molecule has 1 fully saturated rings. The maximum absolute atomic E-state index is 6.04. The van der Waals surface area contributed by atoms with Crippen molar-refractivity contribution in [1.29, 1.82) is 0 Å². The smallest absolute Gasteiger partial charge is 0.180 e. The Hall–Kier alpha value is -3.22. The first-order chi connectivity index (χ1) is 15.3. The molecule has 156 valence electrons. The van der Waals surface area contributed by atoms with Gasteiger partial charge in [-0.25, -0.2) is 15.0 Å². The zero-order valence-corrected chi connectivity index (χ0v) is 17.7. The number of aromatic nitrogens is 2. The summed E-state index contributed by atoms with van der Waals surface area (Å²) >= 11 is 6.04. The quantitative estimate of drug-likeness (QED) is 0.581. The van der Waals surface area contributed by atoms with E-state index in [1.807, 2.05) is 30.3 Å². The largest absolute Gasteiger partial charge is 0.309 e. The molecule has 3 N–H and O–H groups in total. The second-order valence-corrected chi connectivity index (χ2v) is 8.13. The Morgan fingerprint density at radius 2 is 1.61 bits per heavy atom. The number of rotatable bonds is 4. The van der Waals surface area contributed by atoms with Crippen molar-refractivity contribution in [2.24, 2.45) is 10.9 Å². The Morgan fingerprint density at radius 3 is 2.32 bits per heavy atom. The lowest BCUT2D eigenvalue weighted by Gasteiger charge is -2.34. The maximum atomic E-state index is 6.04. The second-order valence-electron chi connectivity index (χ2n) is 7.70. The highest BCUT2D eigenvalue weighted by atomic mass is 35.5. The molecule has 3 aromatic rings. The van der Waals surface area contributed by atoms with Crippen molar-refractivity contribution < 1.29 is 0 Å². The Morgan fingerprint density at radius 1 is 0.839 bits per heavy atom. The van der Waals surface area contributed by atoms with E-state index in [4.69, 9.17) is 16.6 Å². The first-order valence-corrected chi connectivity index (χ1v) is 10.8. The molecule has 0 bridgehead atoms. The zero-order valence-electron chi connectivity index (χ0n) is 16.9. The van der Waals surface area contributed by atoms with Crippen molar-refractivity contribution in [1.82, 2.24) is 26.1 Å². The molecule has 2 atom stereocenters. The predicted molar refractivity (Wildman–Crippen MR) is 123 cm³/mol. The molecule has 7 heteroatoms. The highest BCUT2D eigenvalue weighted by Crippen LogP contribution is 2.32. The van der Waals surface area contributed by atoms with E-state index >= 15 is 0 Å². The first kappa shape index (κ1) is 19.7. The summed E-state index contributed by atoms with van der Waals surface area (Å²) in [6.45, 7) is 0.853. The standard InChI is InChI=1S/C24H23ClN6/c25-19-10-7-17(8-11-19)23-29-22(24-26-13-4-14-27-24)21(30-31-23)18-9-12-20(28-15-18)16-5-2-1-3-6-16/h1-8,10-11,13-14,18,20,28,30H,9,12,15H2,(H,29,31)/t18-,20-/m1/s1. The summed E-state index contributed by atoms with van der Waals surface area (Å²) in [6.07, 6.45) is 5.59. The molecule has 6 nitrogen and oxygen atoms in total. The molecule has 1 aromatic heterocycles. The third-order valence-corrected chi connectivity index (χ3v) is 5.97. The van der Waals surface area contributed by atoms with Crippen LogP contribution in [0.5, 0.6) is 0 Å². The number of amidine groups is 1. The van der Waals surface area contributed by atoms with Gasteiger partial charge in [0.15, 0.2) is 11.7 Å². The van der Waals surface area contributed by atoms with Crippen LogP contribution in [0, 0.1) is 5.92 Å². The normalized spacial score (nSPS) is 21.1. The monoisotopic (exact) mass is 430 g/mol. The molecular formula is C24H23ClN6. The maximum Gasteiger partial charge on any atom is 0.180 e. The van der Waals surface area contributed by atoms with Gasteiger partial charge in [0, 0.05) is 41.5 Å². The molecule has 0 amide bonds. The summed E-state index contributed by atoms with van der Waals surface area (Å²) < 4.78 is 0. The van der Waals surface area contributed by atoms with Gasteiger partial charge in [-0.1, -0.05) is 41.9 Å². The van der Waals surface area contributed by atoms with Gasteiger partial charge in [0.1, 0.15) is 5.70 Å². The SMILES string of the molecule is Clc1ccc(C2=NC(c3ncccn3)=C([C@@H]3CC[C@H](c4ccccc4)NC3)NN2)cc1. The molecular weight excluding hydrogens is 408 g/mol. The minimum absolute atomic E-state index is 0.279. The third kappa shape index (κ3) is 4.31. The number of halogens is 1. The van der Waals surface area contributed by atoms with Crippen LogP contribution in [0.2, 0.25) is 5.02 Å². The lowest BCUT2D eigenvalue weighted by atomic mass is 9.88. The molecule has 31 heavy (non-hydrogen) atoms. The molecule has 3 heterocycles. The molecule has 2 aliphatic rings. The molecule has 2 aliphatic heterocycles. The Balaban J connectivity index is 1.44. The number of hydrogen-bond donors (Lipinski definition) is 3. The summed E-state index contributed by atoms with van der Waals surface area (Å²) in [5.41, 5.74) is 10.7. The van der Waals surface area contributed by atoms with Gasteiger partial charge in [-0.2, -0.15) is 0 Å². The van der Waals surface area contributed by atoms with Crippen LogP contribution in [-0.4, -0.2) is 22.3 Å². The molecule has 0 radical (unpaired) electrons. The lowest BCUT2D eigenvalue weighted by Crippen LogP contribution is -2.46. The number of hydrogen-bond acceptors (Lipinski definition) is 6. The molecule has 1 saturated heterocycles. The van der Waals surface area contributed by atoms with Crippen molar-refractivity contribution in [2.75, 3.05) is 6.54 Å². The van der Waals surface area contributed by atoms with Crippen molar-refractivity contribution in [3.8, 4) is 0 Å². The summed E-state index contributed by atoms with van der Waals surface area (Å²) in [7, 11) is 0. The number of nitrogens with one attached hydrogen (secondary N) is 3. The van der Waals surface area contributed by atoms with E-state index in [0.29, 0.717) is 22.7 Å². The third-order valence-electron chi connectivity index (χ3n) is 5.71. The molecule has 0 unspecified atom stereocenters. The van der Waals surface area contributed by atoms with Gasteiger partial charge < -0.3 is 10.7 Å². The van der Waals surface area contributed by atoms with Gasteiger partial charge in [-0.15, -0.1) is 0 Å². The van der Waals surface area contributed by atoms with Crippen LogP contribution in [-0.2, 0) is 0 Å². The van der Waals surface area contributed by atoms with Crippen LogP contribution < -0.4 is 16.2 Å². The van der Waals surface area contributed by atoms with Gasteiger partial charge in [-0.3, -0.25) is 5.43 Å². The molecule has 2 aromatic carbocycles. The molecule has 5 rings (SSSR count). The van der Waals surface area contributed by atoms with Crippen molar-refractivity contribution in [2.45, 2.75) is 18.9 Å². The van der Waals surface area contributed by atoms with E-state index in [1.54, 1.807) is 12.4 Å². The van der Waals surface area contributed by atoms with Crippen LogP contribution in [0.25, 0.3) is 5.70 Å². The lowest BCUT2D eigenvalue weighted by molar-refractivity contribution is 0.333. The van der Waals surface area contributed by atoms with Crippen LogP contribution in [0.3, 0.4) is 0 Å². The summed E-state index contributed by atoms with van der Waals surface area (Å²) in [4.78, 5) is 13.8. The van der Waals surface area contributed by atoms with Crippen molar-refractivity contribution in [3.63, 3.8) is 0 Å². The number of piperidine rings is 1. The van der Waals surface area contributed by atoms with Crippen molar-refractivity contribution >= 4 is 23.1 Å². The number of benzene rings is 2. The minimum atomic E-state index is 0.279. The van der Waals surface area contributed by atoms with E-state index in [-0.39, 0.29) is 5.92 Å². The van der Waals surface area contributed by atoms with Crippen LogP contribution in [0.4, 0.5) is 0 Å². The van der Waals surface area contributed by atoms with Gasteiger partial charge in [0.2, 0.25) is 0 Å². The fraction of sp³-hybridized carbons (Fsp3) is 0.208. The van der Waals surface area contributed by atoms with Gasteiger partial charge in [-0.05, 0) is 48.7 Å². The van der Waals surface area contributed by atoms with E-state index < -0.39 is 0 Å². The summed E-state index contributed by atoms with van der Waals surface area (Å²) in [5, 5.41) is 4.39. The average Bonchev–Trinajstić information content (AvgIpc) is 2.85. The topological polar surface area (TPSA) is 74.2 Å². The van der Waals surface area contributed by atoms with E-state index in [2.05, 4.69) is 56.5 Å². The Labute approximate surface area is 186 Å². The van der Waals surface area contributed by atoms with Crippen LogP contribution >= 0.6 is 11.6 Å². The van der Waals surface area contributed by atoms with Gasteiger partial charge in [0.25, 0.3) is 0 Å². The highest BCUT2D eigenvalue weighted by molar-refractivity contribution is 6.30. The predicted octanol–water partition coefficient (Wildman–Crippen LogP) is 4.09. The summed E-state index contributed by atoms with van der Waals surface area (Å²) in [6, 6.07) is 20.4. The Kier molecular flexibility index (Phi) is 5.65. The second kappa shape index (κ2) is 8.88. The van der Waals surface area contributed by atoms with Crippen molar-refractivity contribution in [3.05, 3.63) is 101 Å². The fourth-order valence-electron chi connectivity index (χ4n) is 4.09. The van der Waals surface area contributed by atoms with E-state index in [9.17, 15) is 0 Å². The Bertz CT molecular complexity index is 1090. The number of aliphatic imine (C=N–C) groups is 1. The van der Waals surface area contributed by atoms with E-state index in [0.717, 1.165) is 36.3 Å². The first-order valence-electron chi connectivity index (χ1n) is 10.4. The average molecular weight is 431 g/mol. The highest BCUT2D eigenvalue weighted by Gasteiger charge is 2.29. The molecule has 0 saturated carbocycles.